The van der Waals surface area contributed by atoms with Gasteiger partial charge in [-0.2, -0.15) is 0 Å². The molecule has 0 aliphatic heterocycles. The van der Waals surface area contributed by atoms with E-state index >= 15 is 0 Å². The van der Waals surface area contributed by atoms with Crippen molar-refractivity contribution >= 4 is 0 Å². The molecule has 17 heavy (non-hydrogen) atoms. The highest BCUT2D eigenvalue weighted by Crippen LogP contribution is 2.11. The van der Waals surface area contributed by atoms with E-state index in [0.29, 0.717) is 18.6 Å². The number of rotatable bonds is 7. The Balaban J connectivity index is 2.48. The third kappa shape index (κ3) is 5.33. The minimum Gasteiger partial charge on any atom is -0.374 e. The van der Waals surface area contributed by atoms with Crippen LogP contribution in [0.15, 0.2) is 24.3 Å². The molecule has 1 rings (SSSR count). The maximum atomic E-state index is 5.83. The summed E-state index contributed by atoms with van der Waals surface area (Å²) >= 11 is 0. The molecule has 0 amide bonds. The molecule has 2 nitrogen and oxygen atoms in total. The molecule has 1 atom stereocenters. The molecule has 1 unspecified atom stereocenters. The van der Waals surface area contributed by atoms with Crippen molar-refractivity contribution in [2.24, 2.45) is 5.92 Å². The highest BCUT2D eigenvalue weighted by atomic mass is 16.5. The first kappa shape index (κ1) is 14.2. The lowest BCUT2D eigenvalue weighted by Gasteiger charge is -2.16. The van der Waals surface area contributed by atoms with Crippen LogP contribution in [-0.4, -0.2) is 12.6 Å². The molecule has 1 aromatic carbocycles. The molecule has 1 aromatic rings. The van der Waals surface area contributed by atoms with Gasteiger partial charge in [-0.15, -0.1) is 0 Å². The number of nitrogens with one attached hydrogen (secondary N) is 1. The average molecular weight is 235 g/mol. The lowest BCUT2D eigenvalue weighted by Crippen LogP contribution is -2.15. The summed E-state index contributed by atoms with van der Waals surface area (Å²) in [6.07, 6.45) is 0.312. The second-order valence-electron chi connectivity index (χ2n) is 4.86. The number of hydrogen-bond donors (Lipinski definition) is 1. The van der Waals surface area contributed by atoms with Crippen LogP contribution in [0, 0.1) is 5.92 Å². The summed E-state index contributed by atoms with van der Waals surface area (Å²) in [7, 11) is 0. The summed E-state index contributed by atoms with van der Waals surface area (Å²) in [6.45, 7) is 11.3. The number of ether oxygens (including phenoxy) is 1. The van der Waals surface area contributed by atoms with Gasteiger partial charge < -0.3 is 10.1 Å². The van der Waals surface area contributed by atoms with E-state index in [4.69, 9.17) is 4.74 Å². The summed E-state index contributed by atoms with van der Waals surface area (Å²) < 4.78 is 5.83. The molecule has 0 aromatic heterocycles. The van der Waals surface area contributed by atoms with Crippen molar-refractivity contribution in [2.45, 2.75) is 47.0 Å². The van der Waals surface area contributed by atoms with E-state index in [1.54, 1.807) is 0 Å². The van der Waals surface area contributed by atoms with Crippen LogP contribution in [-0.2, 0) is 17.9 Å². The second-order valence-corrected chi connectivity index (χ2v) is 4.86. The van der Waals surface area contributed by atoms with Crippen LogP contribution in [0.2, 0.25) is 0 Å². The lowest BCUT2D eigenvalue weighted by molar-refractivity contribution is 0.0235. The summed E-state index contributed by atoms with van der Waals surface area (Å²) in [5.74, 6) is 0.569. The monoisotopic (exact) mass is 235 g/mol. The standard InChI is InChI=1S/C15H25NO/c1-5-16-10-14-7-6-8-15(9-14)11-17-13(4)12(2)3/h6-9,12-13,16H,5,10-11H2,1-4H3. The van der Waals surface area contributed by atoms with Gasteiger partial charge in [-0.25, -0.2) is 0 Å². The van der Waals surface area contributed by atoms with E-state index in [9.17, 15) is 0 Å². The molecule has 0 aliphatic rings. The third-order valence-corrected chi connectivity index (χ3v) is 3.02. The smallest absolute Gasteiger partial charge is 0.0720 e. The Morgan fingerprint density at radius 3 is 2.53 bits per heavy atom. The maximum absolute atomic E-state index is 5.83. The zero-order valence-electron chi connectivity index (χ0n) is 11.5. The molecule has 0 bridgehead atoms. The predicted molar refractivity (Wildman–Crippen MR) is 72.9 cm³/mol. The zero-order chi connectivity index (χ0) is 12.7. The minimum atomic E-state index is 0.312. The van der Waals surface area contributed by atoms with Crippen LogP contribution in [0.25, 0.3) is 0 Å². The Labute approximate surface area is 105 Å². The molecule has 0 aliphatic carbocycles. The fourth-order valence-corrected chi connectivity index (χ4v) is 1.52. The van der Waals surface area contributed by atoms with Crippen molar-refractivity contribution < 1.29 is 4.74 Å². The van der Waals surface area contributed by atoms with Crippen molar-refractivity contribution in [3.8, 4) is 0 Å². The number of benzene rings is 1. The first-order valence-corrected chi connectivity index (χ1v) is 6.53. The Kier molecular flexibility index (Phi) is 6.23. The summed E-state index contributed by atoms with van der Waals surface area (Å²) in [5.41, 5.74) is 2.58. The van der Waals surface area contributed by atoms with Crippen molar-refractivity contribution in [3.05, 3.63) is 35.4 Å². The molecule has 0 fully saturated rings. The molecular formula is C15H25NO. The van der Waals surface area contributed by atoms with Crippen molar-refractivity contribution in [2.75, 3.05) is 6.54 Å². The van der Waals surface area contributed by atoms with Gasteiger partial charge in [-0.05, 0) is 30.5 Å². The molecule has 1 N–H and O–H groups in total. The first-order valence-electron chi connectivity index (χ1n) is 6.53. The molecule has 0 heterocycles. The van der Waals surface area contributed by atoms with E-state index in [1.165, 1.54) is 11.1 Å². The lowest BCUT2D eigenvalue weighted by atomic mass is 10.1. The van der Waals surface area contributed by atoms with E-state index in [0.717, 1.165) is 13.1 Å². The Hall–Kier alpha value is -0.860. The van der Waals surface area contributed by atoms with E-state index in [-0.39, 0.29) is 0 Å². The molecular weight excluding hydrogens is 210 g/mol. The van der Waals surface area contributed by atoms with Crippen LogP contribution in [0.5, 0.6) is 0 Å². The fourth-order valence-electron chi connectivity index (χ4n) is 1.52. The maximum Gasteiger partial charge on any atom is 0.0720 e. The third-order valence-electron chi connectivity index (χ3n) is 3.02. The van der Waals surface area contributed by atoms with Gasteiger partial charge in [-0.1, -0.05) is 45.0 Å². The minimum absolute atomic E-state index is 0.312. The van der Waals surface area contributed by atoms with Gasteiger partial charge in [0.15, 0.2) is 0 Å². The Morgan fingerprint density at radius 2 is 1.88 bits per heavy atom. The van der Waals surface area contributed by atoms with Gasteiger partial charge >= 0.3 is 0 Å². The van der Waals surface area contributed by atoms with Gasteiger partial charge in [0.2, 0.25) is 0 Å². The van der Waals surface area contributed by atoms with Crippen LogP contribution in [0.1, 0.15) is 38.8 Å². The topological polar surface area (TPSA) is 21.3 Å². The number of hydrogen-bond acceptors (Lipinski definition) is 2. The molecule has 0 spiro atoms. The highest BCUT2D eigenvalue weighted by molar-refractivity contribution is 5.22. The van der Waals surface area contributed by atoms with Crippen LogP contribution in [0.3, 0.4) is 0 Å². The second kappa shape index (κ2) is 7.46. The van der Waals surface area contributed by atoms with Crippen LogP contribution < -0.4 is 5.32 Å². The quantitative estimate of drug-likeness (QED) is 0.782. The molecule has 0 saturated carbocycles. The van der Waals surface area contributed by atoms with Crippen molar-refractivity contribution in [1.29, 1.82) is 0 Å². The van der Waals surface area contributed by atoms with Crippen LogP contribution in [0.4, 0.5) is 0 Å². The predicted octanol–water partition coefficient (Wildman–Crippen LogP) is 3.36. The summed E-state index contributed by atoms with van der Waals surface area (Å²) in [5, 5.41) is 3.33. The Bertz CT molecular complexity index is 322. The SMILES string of the molecule is CCNCc1cccc(COC(C)C(C)C)c1. The Morgan fingerprint density at radius 1 is 1.18 bits per heavy atom. The average Bonchev–Trinajstić information content (AvgIpc) is 2.33. The van der Waals surface area contributed by atoms with Gasteiger partial charge in [0.05, 0.1) is 12.7 Å². The van der Waals surface area contributed by atoms with E-state index in [1.807, 2.05) is 0 Å². The van der Waals surface area contributed by atoms with Gasteiger partial charge in [0.25, 0.3) is 0 Å². The van der Waals surface area contributed by atoms with Crippen molar-refractivity contribution in [3.63, 3.8) is 0 Å². The summed E-state index contributed by atoms with van der Waals surface area (Å²) in [6, 6.07) is 8.60. The molecule has 0 saturated heterocycles. The van der Waals surface area contributed by atoms with E-state index < -0.39 is 0 Å². The van der Waals surface area contributed by atoms with Gasteiger partial charge in [0.1, 0.15) is 0 Å². The molecule has 0 radical (unpaired) electrons. The summed E-state index contributed by atoms with van der Waals surface area (Å²) in [4.78, 5) is 0. The zero-order valence-corrected chi connectivity index (χ0v) is 11.5. The highest BCUT2D eigenvalue weighted by Gasteiger charge is 2.07. The van der Waals surface area contributed by atoms with Gasteiger partial charge in [0, 0.05) is 6.54 Å². The molecule has 96 valence electrons. The fraction of sp³-hybridized carbons (Fsp3) is 0.600. The normalized spacial score (nSPS) is 13.0. The largest absolute Gasteiger partial charge is 0.374 e. The molecule has 2 heteroatoms. The van der Waals surface area contributed by atoms with Crippen LogP contribution >= 0.6 is 0 Å². The van der Waals surface area contributed by atoms with Gasteiger partial charge in [-0.3, -0.25) is 0 Å². The van der Waals surface area contributed by atoms with Crippen molar-refractivity contribution in [1.82, 2.24) is 5.32 Å². The first-order chi connectivity index (χ1) is 8.13. The van der Waals surface area contributed by atoms with E-state index in [2.05, 4.69) is 57.3 Å².